The first kappa shape index (κ1) is 26.6. The number of carbonyl (C=O) groups excluding carboxylic acids is 1. The second-order valence-corrected chi connectivity index (χ2v) is 10.8. The number of hydrogen-bond acceptors (Lipinski definition) is 9. The van der Waals surface area contributed by atoms with Crippen LogP contribution in [-0.4, -0.2) is 103 Å². The summed E-state index contributed by atoms with van der Waals surface area (Å²) in [7, 11) is 0. The molecule has 0 spiro atoms. The molecule has 212 valence electrons. The van der Waals surface area contributed by atoms with Crippen LogP contribution in [0.15, 0.2) is 36.4 Å². The number of benzene rings is 2. The van der Waals surface area contributed by atoms with E-state index in [-0.39, 0.29) is 11.7 Å². The molecule has 4 heterocycles. The van der Waals surface area contributed by atoms with Crippen LogP contribution in [0.3, 0.4) is 0 Å². The quantitative estimate of drug-likeness (QED) is 0.449. The SMILES string of the molecule is CC(=O)N1CCN(c2nc(OCCCN3CCOCC3)nc3c2CCN(c2cc(O)cc4ccccc24)C3)CC1. The van der Waals surface area contributed by atoms with Crippen molar-refractivity contribution in [2.75, 3.05) is 82.0 Å². The Balaban J connectivity index is 1.24. The Bertz CT molecular complexity index is 1350. The fourth-order valence-electron chi connectivity index (χ4n) is 5.97. The van der Waals surface area contributed by atoms with Gasteiger partial charge in [0.2, 0.25) is 5.91 Å². The van der Waals surface area contributed by atoms with Crippen molar-refractivity contribution in [2.24, 2.45) is 0 Å². The largest absolute Gasteiger partial charge is 0.508 e. The maximum atomic E-state index is 11.9. The summed E-state index contributed by atoms with van der Waals surface area (Å²) in [5.74, 6) is 1.30. The lowest BCUT2D eigenvalue weighted by Crippen LogP contribution is -2.49. The van der Waals surface area contributed by atoms with E-state index in [9.17, 15) is 9.90 Å². The Labute approximate surface area is 235 Å². The van der Waals surface area contributed by atoms with Crippen LogP contribution in [0.5, 0.6) is 11.8 Å². The fraction of sp³-hybridized carbons (Fsp3) is 0.500. The standard InChI is InChI=1S/C30H38N6O4/c1-22(37)34-10-12-35(13-11-34)29-26-7-9-36(28-20-24(38)19-23-5-2-3-6-25(23)28)21-27(26)31-30(32-29)40-16-4-8-33-14-17-39-18-15-33/h2-3,5-6,19-20,38H,4,7-18,21H2,1H3. The molecule has 2 fully saturated rings. The van der Waals surface area contributed by atoms with Gasteiger partial charge in [-0.15, -0.1) is 0 Å². The Kier molecular flexibility index (Phi) is 7.88. The van der Waals surface area contributed by atoms with Crippen LogP contribution in [0, 0.1) is 0 Å². The summed E-state index contributed by atoms with van der Waals surface area (Å²) in [4.78, 5) is 30.6. The van der Waals surface area contributed by atoms with Crippen molar-refractivity contribution in [3.8, 4) is 11.8 Å². The van der Waals surface area contributed by atoms with Crippen molar-refractivity contribution in [3.05, 3.63) is 47.7 Å². The van der Waals surface area contributed by atoms with E-state index in [1.807, 2.05) is 29.2 Å². The summed E-state index contributed by atoms with van der Waals surface area (Å²) >= 11 is 0. The van der Waals surface area contributed by atoms with Crippen molar-refractivity contribution in [1.29, 1.82) is 0 Å². The number of fused-ring (bicyclic) bond motifs is 2. The molecule has 0 aliphatic carbocycles. The number of morpholine rings is 1. The second kappa shape index (κ2) is 11.9. The van der Waals surface area contributed by atoms with Gasteiger partial charge < -0.3 is 29.3 Å². The molecular weight excluding hydrogens is 508 g/mol. The van der Waals surface area contributed by atoms with E-state index in [1.165, 1.54) is 0 Å². The number of carbonyl (C=O) groups is 1. The topological polar surface area (TPSA) is 94.5 Å². The third kappa shape index (κ3) is 5.78. The molecule has 2 aromatic carbocycles. The van der Waals surface area contributed by atoms with Gasteiger partial charge in [-0.05, 0) is 24.3 Å². The summed E-state index contributed by atoms with van der Waals surface area (Å²) in [6.07, 6.45) is 1.69. The van der Waals surface area contributed by atoms with E-state index >= 15 is 0 Å². The van der Waals surface area contributed by atoms with E-state index in [0.717, 1.165) is 98.9 Å². The third-order valence-electron chi connectivity index (χ3n) is 8.17. The molecule has 0 radical (unpaired) electrons. The minimum Gasteiger partial charge on any atom is -0.508 e. The first-order valence-corrected chi connectivity index (χ1v) is 14.3. The summed E-state index contributed by atoms with van der Waals surface area (Å²) in [5, 5.41) is 12.6. The van der Waals surface area contributed by atoms with Crippen LogP contribution >= 0.6 is 0 Å². The van der Waals surface area contributed by atoms with Gasteiger partial charge in [0.05, 0.1) is 32.1 Å². The molecule has 1 aromatic heterocycles. The van der Waals surface area contributed by atoms with Gasteiger partial charge in [0, 0.05) is 82.0 Å². The van der Waals surface area contributed by atoms with E-state index in [1.54, 1.807) is 13.0 Å². The smallest absolute Gasteiger partial charge is 0.318 e. The molecule has 3 aromatic rings. The van der Waals surface area contributed by atoms with Crippen molar-refractivity contribution < 1.29 is 19.4 Å². The highest BCUT2D eigenvalue weighted by Crippen LogP contribution is 2.36. The number of hydrogen-bond donors (Lipinski definition) is 1. The van der Waals surface area contributed by atoms with Crippen molar-refractivity contribution in [3.63, 3.8) is 0 Å². The number of aromatic hydroxyl groups is 1. The van der Waals surface area contributed by atoms with Crippen LogP contribution < -0.4 is 14.5 Å². The first-order valence-electron chi connectivity index (χ1n) is 14.3. The highest BCUT2D eigenvalue weighted by atomic mass is 16.5. The van der Waals surface area contributed by atoms with Gasteiger partial charge in [-0.25, -0.2) is 0 Å². The molecule has 0 unspecified atom stereocenters. The van der Waals surface area contributed by atoms with Gasteiger partial charge in [-0.2, -0.15) is 9.97 Å². The summed E-state index contributed by atoms with van der Waals surface area (Å²) in [6, 6.07) is 12.2. The fourth-order valence-corrected chi connectivity index (χ4v) is 5.97. The Hall–Kier alpha value is -3.63. The van der Waals surface area contributed by atoms with Crippen LogP contribution in [0.25, 0.3) is 10.8 Å². The zero-order valence-electron chi connectivity index (χ0n) is 23.2. The number of rotatable bonds is 7. The Morgan fingerprint density at radius 1 is 1.00 bits per heavy atom. The van der Waals surface area contributed by atoms with Gasteiger partial charge in [0.15, 0.2) is 0 Å². The number of phenolic OH excluding ortho intramolecular Hbond substituents is 1. The lowest BCUT2D eigenvalue weighted by molar-refractivity contribution is -0.129. The van der Waals surface area contributed by atoms with Gasteiger partial charge in [-0.1, -0.05) is 24.3 Å². The minimum atomic E-state index is 0.114. The zero-order valence-corrected chi connectivity index (χ0v) is 23.2. The highest BCUT2D eigenvalue weighted by molar-refractivity contribution is 5.95. The molecule has 1 amide bonds. The molecule has 1 N–H and O–H groups in total. The number of aromatic nitrogens is 2. The van der Waals surface area contributed by atoms with Crippen LogP contribution in [-0.2, 0) is 22.5 Å². The van der Waals surface area contributed by atoms with Gasteiger partial charge in [0.1, 0.15) is 11.6 Å². The Morgan fingerprint density at radius 3 is 2.60 bits per heavy atom. The molecule has 0 saturated carbocycles. The minimum absolute atomic E-state index is 0.114. The summed E-state index contributed by atoms with van der Waals surface area (Å²) < 4.78 is 11.6. The first-order chi connectivity index (χ1) is 19.5. The molecule has 10 nitrogen and oxygen atoms in total. The van der Waals surface area contributed by atoms with E-state index in [0.29, 0.717) is 32.3 Å². The van der Waals surface area contributed by atoms with Gasteiger partial charge in [0.25, 0.3) is 0 Å². The molecule has 40 heavy (non-hydrogen) atoms. The van der Waals surface area contributed by atoms with Gasteiger partial charge >= 0.3 is 6.01 Å². The van der Waals surface area contributed by atoms with E-state index in [2.05, 4.69) is 20.8 Å². The molecular formula is C30H38N6O4. The van der Waals surface area contributed by atoms with Gasteiger partial charge in [-0.3, -0.25) is 9.69 Å². The van der Waals surface area contributed by atoms with Crippen molar-refractivity contribution in [1.82, 2.24) is 19.8 Å². The number of amides is 1. The normalized spacial score (nSPS) is 18.2. The van der Waals surface area contributed by atoms with Crippen molar-refractivity contribution in [2.45, 2.75) is 26.3 Å². The van der Waals surface area contributed by atoms with Crippen LogP contribution in [0.1, 0.15) is 24.6 Å². The predicted molar refractivity (Wildman–Crippen MR) is 154 cm³/mol. The third-order valence-corrected chi connectivity index (χ3v) is 8.17. The zero-order chi connectivity index (χ0) is 27.5. The number of phenols is 1. The monoisotopic (exact) mass is 546 g/mol. The maximum absolute atomic E-state index is 11.9. The molecule has 6 rings (SSSR count). The summed E-state index contributed by atoms with van der Waals surface area (Å²) in [6.45, 7) is 10.9. The molecule has 0 bridgehead atoms. The number of nitrogens with zero attached hydrogens (tertiary/aromatic N) is 6. The molecule has 0 atom stereocenters. The number of ether oxygens (including phenoxy) is 2. The van der Waals surface area contributed by atoms with E-state index in [4.69, 9.17) is 19.4 Å². The second-order valence-electron chi connectivity index (χ2n) is 10.8. The lowest BCUT2D eigenvalue weighted by Gasteiger charge is -2.38. The molecule has 3 aliphatic rings. The predicted octanol–water partition coefficient (Wildman–Crippen LogP) is 2.67. The number of anilines is 2. The van der Waals surface area contributed by atoms with Crippen LogP contribution in [0.2, 0.25) is 0 Å². The number of piperazine rings is 1. The molecule has 10 heteroatoms. The highest BCUT2D eigenvalue weighted by Gasteiger charge is 2.29. The van der Waals surface area contributed by atoms with Crippen molar-refractivity contribution >= 4 is 28.2 Å². The summed E-state index contributed by atoms with van der Waals surface area (Å²) in [5.41, 5.74) is 3.11. The van der Waals surface area contributed by atoms with E-state index < -0.39 is 0 Å². The average Bonchev–Trinajstić information content (AvgIpc) is 2.98. The molecule has 2 saturated heterocycles. The molecule has 3 aliphatic heterocycles. The lowest BCUT2D eigenvalue weighted by atomic mass is 10.0. The van der Waals surface area contributed by atoms with Crippen LogP contribution in [0.4, 0.5) is 11.5 Å². The Morgan fingerprint density at radius 2 is 1.80 bits per heavy atom. The maximum Gasteiger partial charge on any atom is 0.318 e. The average molecular weight is 547 g/mol.